The number of aromatic carboxylic acids is 1. The van der Waals surface area contributed by atoms with Gasteiger partial charge in [-0.15, -0.1) is 0 Å². The topological polar surface area (TPSA) is 75.1 Å². The summed E-state index contributed by atoms with van der Waals surface area (Å²) in [4.78, 5) is 18.7. The van der Waals surface area contributed by atoms with E-state index in [4.69, 9.17) is 5.11 Å². The molecule has 0 aliphatic rings. The molecule has 0 saturated heterocycles. The van der Waals surface area contributed by atoms with Gasteiger partial charge in [0.25, 0.3) is 0 Å². The Labute approximate surface area is 117 Å². The molecule has 104 valence electrons. The minimum atomic E-state index is -1.07. The van der Waals surface area contributed by atoms with E-state index in [1.54, 1.807) is 0 Å². The van der Waals surface area contributed by atoms with Crippen molar-refractivity contribution in [2.45, 2.75) is 25.8 Å². The molecule has 0 amide bonds. The first-order valence-corrected chi connectivity index (χ1v) is 6.57. The van der Waals surface area contributed by atoms with Gasteiger partial charge >= 0.3 is 5.97 Å². The molecule has 1 aromatic carbocycles. The standard InChI is InChI=1S/C15H17N3O2/c1-2-6-12(11-7-4-3-5-8-11)18-14-10-16-13(9-17-14)15(19)20/h3-5,7-10,12H,2,6H2,1H3,(H,17,18)(H,19,20). The highest BCUT2D eigenvalue weighted by atomic mass is 16.4. The van der Waals surface area contributed by atoms with Crippen molar-refractivity contribution in [3.05, 3.63) is 54.0 Å². The van der Waals surface area contributed by atoms with Crippen molar-refractivity contribution in [3.63, 3.8) is 0 Å². The van der Waals surface area contributed by atoms with Crippen LogP contribution in [0.1, 0.15) is 41.9 Å². The molecule has 0 bridgehead atoms. The number of benzene rings is 1. The average molecular weight is 271 g/mol. The van der Waals surface area contributed by atoms with Gasteiger partial charge in [-0.05, 0) is 12.0 Å². The predicted molar refractivity (Wildman–Crippen MR) is 76.7 cm³/mol. The summed E-state index contributed by atoms with van der Waals surface area (Å²) in [5, 5.41) is 12.1. The fraction of sp³-hybridized carbons (Fsp3) is 0.267. The van der Waals surface area contributed by atoms with E-state index in [0.717, 1.165) is 12.8 Å². The second kappa shape index (κ2) is 6.65. The van der Waals surface area contributed by atoms with Crippen LogP contribution in [-0.4, -0.2) is 21.0 Å². The van der Waals surface area contributed by atoms with Crippen LogP contribution in [0.5, 0.6) is 0 Å². The van der Waals surface area contributed by atoms with Crippen molar-refractivity contribution in [1.82, 2.24) is 9.97 Å². The number of hydrogen-bond donors (Lipinski definition) is 2. The number of hydrogen-bond acceptors (Lipinski definition) is 4. The van der Waals surface area contributed by atoms with Crippen LogP contribution in [0, 0.1) is 0 Å². The third-order valence-electron chi connectivity index (χ3n) is 2.97. The summed E-state index contributed by atoms with van der Waals surface area (Å²) in [7, 11) is 0. The van der Waals surface area contributed by atoms with E-state index in [1.807, 2.05) is 18.2 Å². The van der Waals surface area contributed by atoms with Gasteiger partial charge in [0.1, 0.15) is 5.82 Å². The first-order chi connectivity index (χ1) is 9.70. The lowest BCUT2D eigenvalue weighted by Gasteiger charge is -2.19. The van der Waals surface area contributed by atoms with Gasteiger partial charge in [0, 0.05) is 0 Å². The fourth-order valence-corrected chi connectivity index (χ4v) is 1.99. The zero-order valence-corrected chi connectivity index (χ0v) is 11.3. The van der Waals surface area contributed by atoms with Crippen molar-refractivity contribution in [3.8, 4) is 0 Å². The molecule has 0 fully saturated rings. The Bertz CT molecular complexity index is 555. The summed E-state index contributed by atoms with van der Waals surface area (Å²) >= 11 is 0. The first kappa shape index (κ1) is 14.0. The molecule has 0 aliphatic heterocycles. The number of anilines is 1. The van der Waals surface area contributed by atoms with Gasteiger partial charge in [-0.25, -0.2) is 14.8 Å². The number of carbonyl (C=O) groups is 1. The minimum Gasteiger partial charge on any atom is -0.476 e. The van der Waals surface area contributed by atoms with Crippen LogP contribution in [0.2, 0.25) is 0 Å². The zero-order chi connectivity index (χ0) is 14.4. The molecule has 1 aromatic heterocycles. The molecule has 1 unspecified atom stereocenters. The lowest BCUT2D eigenvalue weighted by Crippen LogP contribution is -2.12. The van der Waals surface area contributed by atoms with Crippen LogP contribution in [0.25, 0.3) is 0 Å². The Morgan fingerprint density at radius 2 is 2.00 bits per heavy atom. The normalized spacial score (nSPS) is 11.8. The molecular formula is C15H17N3O2. The van der Waals surface area contributed by atoms with Crippen LogP contribution in [0.15, 0.2) is 42.7 Å². The molecule has 2 rings (SSSR count). The number of carboxylic acid groups (broad SMARTS) is 1. The van der Waals surface area contributed by atoms with Crippen molar-refractivity contribution < 1.29 is 9.90 Å². The van der Waals surface area contributed by atoms with Gasteiger partial charge < -0.3 is 10.4 Å². The fourth-order valence-electron chi connectivity index (χ4n) is 1.99. The van der Waals surface area contributed by atoms with E-state index in [1.165, 1.54) is 18.0 Å². The van der Waals surface area contributed by atoms with E-state index in [2.05, 4.69) is 34.3 Å². The molecule has 0 aliphatic carbocycles. The Morgan fingerprint density at radius 1 is 1.25 bits per heavy atom. The molecule has 0 saturated carbocycles. The van der Waals surface area contributed by atoms with E-state index in [9.17, 15) is 4.79 Å². The van der Waals surface area contributed by atoms with E-state index in [-0.39, 0.29) is 11.7 Å². The molecule has 5 heteroatoms. The number of nitrogens with zero attached hydrogens (tertiary/aromatic N) is 2. The van der Waals surface area contributed by atoms with Crippen molar-refractivity contribution >= 4 is 11.8 Å². The SMILES string of the molecule is CCCC(Nc1cnc(C(=O)O)cn1)c1ccccc1. The molecular weight excluding hydrogens is 254 g/mol. The number of carboxylic acids is 1. The lowest BCUT2D eigenvalue weighted by molar-refractivity contribution is 0.0690. The van der Waals surface area contributed by atoms with Crippen molar-refractivity contribution in [2.75, 3.05) is 5.32 Å². The summed E-state index contributed by atoms with van der Waals surface area (Å²) in [6.07, 6.45) is 4.72. The minimum absolute atomic E-state index is 0.0534. The highest BCUT2D eigenvalue weighted by Gasteiger charge is 2.11. The van der Waals surface area contributed by atoms with E-state index in [0.29, 0.717) is 5.82 Å². The van der Waals surface area contributed by atoms with Gasteiger partial charge in [0.2, 0.25) is 0 Å². The Hall–Kier alpha value is -2.43. The molecule has 2 aromatic rings. The van der Waals surface area contributed by atoms with Gasteiger partial charge in [0.05, 0.1) is 18.4 Å². The quantitative estimate of drug-likeness (QED) is 0.844. The largest absolute Gasteiger partial charge is 0.476 e. The second-order valence-electron chi connectivity index (χ2n) is 4.49. The first-order valence-electron chi connectivity index (χ1n) is 6.57. The van der Waals surface area contributed by atoms with Crippen LogP contribution < -0.4 is 5.32 Å². The second-order valence-corrected chi connectivity index (χ2v) is 4.49. The predicted octanol–water partition coefficient (Wildman–Crippen LogP) is 3.13. The van der Waals surface area contributed by atoms with Gasteiger partial charge in [-0.2, -0.15) is 0 Å². The number of nitrogens with one attached hydrogen (secondary N) is 1. The highest BCUT2D eigenvalue weighted by molar-refractivity contribution is 5.84. The number of aromatic nitrogens is 2. The maximum absolute atomic E-state index is 10.7. The molecule has 1 heterocycles. The highest BCUT2D eigenvalue weighted by Crippen LogP contribution is 2.22. The van der Waals surface area contributed by atoms with Crippen LogP contribution in [0.4, 0.5) is 5.82 Å². The summed E-state index contributed by atoms with van der Waals surface area (Å²) in [5.41, 5.74) is 1.13. The van der Waals surface area contributed by atoms with Gasteiger partial charge in [-0.1, -0.05) is 43.7 Å². The average Bonchev–Trinajstić information content (AvgIpc) is 2.48. The molecule has 20 heavy (non-hydrogen) atoms. The summed E-state index contributed by atoms with van der Waals surface area (Å²) in [6.45, 7) is 2.12. The van der Waals surface area contributed by atoms with Gasteiger partial charge in [-0.3, -0.25) is 0 Å². The third kappa shape index (κ3) is 3.54. The van der Waals surface area contributed by atoms with Crippen LogP contribution in [0.3, 0.4) is 0 Å². The molecule has 1 atom stereocenters. The smallest absolute Gasteiger partial charge is 0.356 e. The summed E-state index contributed by atoms with van der Waals surface area (Å²) in [6, 6.07) is 10.2. The monoisotopic (exact) mass is 271 g/mol. The van der Waals surface area contributed by atoms with E-state index >= 15 is 0 Å². The van der Waals surface area contributed by atoms with Crippen molar-refractivity contribution in [2.24, 2.45) is 0 Å². The number of rotatable bonds is 6. The van der Waals surface area contributed by atoms with Gasteiger partial charge in [0.15, 0.2) is 5.69 Å². The molecule has 5 nitrogen and oxygen atoms in total. The third-order valence-corrected chi connectivity index (χ3v) is 2.97. The summed E-state index contributed by atoms with van der Waals surface area (Å²) < 4.78 is 0. The van der Waals surface area contributed by atoms with Crippen molar-refractivity contribution in [1.29, 1.82) is 0 Å². The maximum atomic E-state index is 10.7. The Morgan fingerprint density at radius 3 is 2.55 bits per heavy atom. The maximum Gasteiger partial charge on any atom is 0.356 e. The molecule has 2 N–H and O–H groups in total. The Kier molecular flexibility index (Phi) is 4.65. The van der Waals surface area contributed by atoms with Crippen LogP contribution in [-0.2, 0) is 0 Å². The molecule has 0 spiro atoms. The lowest BCUT2D eigenvalue weighted by atomic mass is 10.0. The Balaban J connectivity index is 2.14. The molecule has 0 radical (unpaired) electrons. The summed E-state index contributed by atoms with van der Waals surface area (Å²) in [5.74, 6) is -0.491. The van der Waals surface area contributed by atoms with E-state index < -0.39 is 5.97 Å². The zero-order valence-electron chi connectivity index (χ0n) is 11.3. The van der Waals surface area contributed by atoms with Crippen LogP contribution >= 0.6 is 0 Å².